The van der Waals surface area contributed by atoms with Gasteiger partial charge in [-0.2, -0.15) is 0 Å². The molecule has 3 aromatic rings. The Morgan fingerprint density at radius 3 is 2.25 bits per heavy atom. The maximum absolute atomic E-state index is 13.6. The van der Waals surface area contributed by atoms with Crippen molar-refractivity contribution < 1.29 is 24.2 Å². The molecule has 1 unspecified atom stereocenters. The van der Waals surface area contributed by atoms with Crippen LogP contribution in [-0.2, 0) is 20.9 Å². The minimum atomic E-state index is -0.903. The fourth-order valence-electron chi connectivity index (χ4n) is 5.84. The maximum Gasteiger partial charge on any atom is 0.407 e. The van der Waals surface area contributed by atoms with Crippen molar-refractivity contribution in [3.63, 3.8) is 0 Å². The second-order valence-corrected chi connectivity index (χ2v) is 10.7. The summed E-state index contributed by atoms with van der Waals surface area (Å²) < 4.78 is 5.73. The zero-order chi connectivity index (χ0) is 28.1. The molecule has 1 fully saturated rings. The number of alkyl carbamates (subject to hydrolysis) is 1. The lowest BCUT2D eigenvalue weighted by Crippen LogP contribution is -2.55. The number of fused-ring (bicyclic) bond motifs is 3. The maximum atomic E-state index is 13.6. The Labute approximate surface area is 234 Å². The quantitative estimate of drug-likeness (QED) is 0.418. The first-order chi connectivity index (χ1) is 19.4. The lowest BCUT2D eigenvalue weighted by atomic mass is 9.97. The minimum Gasteiger partial charge on any atom is -0.481 e. The summed E-state index contributed by atoms with van der Waals surface area (Å²) in [6, 6.07) is 25.2. The standard InChI is InChI=1S/C32H35N3O5/c1-34(18-22-10-3-2-4-11-22)20-29(30(36)35-17-9-12-23(19-35)31(37)38)33-32(39)40-21-28-26-15-7-5-13-24(26)25-14-6-8-16-27(25)28/h2-8,10-11,13-16,23,28-29H,9,12,17-21H2,1H3,(H,33,39)(H,37,38)/t23-,29?/m0/s1. The number of nitrogens with one attached hydrogen (secondary N) is 1. The van der Waals surface area contributed by atoms with E-state index in [0.29, 0.717) is 25.9 Å². The number of carbonyl (C=O) groups is 3. The third-order valence-electron chi connectivity index (χ3n) is 7.81. The monoisotopic (exact) mass is 541 g/mol. The Kier molecular flexibility index (Phi) is 8.45. The smallest absolute Gasteiger partial charge is 0.407 e. The van der Waals surface area contributed by atoms with E-state index < -0.39 is 24.0 Å². The van der Waals surface area contributed by atoms with E-state index in [1.807, 2.05) is 66.5 Å². The van der Waals surface area contributed by atoms with Crippen LogP contribution in [0.2, 0.25) is 0 Å². The van der Waals surface area contributed by atoms with Crippen LogP contribution in [0, 0.1) is 5.92 Å². The molecular weight excluding hydrogens is 506 g/mol. The van der Waals surface area contributed by atoms with Gasteiger partial charge in [0.2, 0.25) is 5.91 Å². The van der Waals surface area contributed by atoms with Crippen LogP contribution in [0.5, 0.6) is 0 Å². The minimum absolute atomic E-state index is 0.0912. The third kappa shape index (κ3) is 6.18. The summed E-state index contributed by atoms with van der Waals surface area (Å²) in [6.45, 7) is 1.60. The number of ether oxygens (including phenoxy) is 1. The molecule has 208 valence electrons. The Hall–Kier alpha value is -4.17. The lowest BCUT2D eigenvalue weighted by Gasteiger charge is -2.34. The molecule has 1 aliphatic heterocycles. The fourth-order valence-corrected chi connectivity index (χ4v) is 5.84. The van der Waals surface area contributed by atoms with Crippen LogP contribution in [0.15, 0.2) is 78.9 Å². The van der Waals surface area contributed by atoms with Crippen LogP contribution in [0.1, 0.15) is 35.4 Å². The molecule has 0 aromatic heterocycles. The molecule has 1 aliphatic carbocycles. The van der Waals surface area contributed by atoms with Gasteiger partial charge in [0, 0.05) is 32.1 Å². The second kappa shape index (κ2) is 12.3. The van der Waals surface area contributed by atoms with Gasteiger partial charge >= 0.3 is 12.1 Å². The molecule has 0 radical (unpaired) electrons. The Morgan fingerprint density at radius 2 is 1.60 bits per heavy atom. The average Bonchev–Trinajstić information content (AvgIpc) is 3.29. The van der Waals surface area contributed by atoms with Crippen molar-refractivity contribution in [1.82, 2.24) is 15.1 Å². The van der Waals surface area contributed by atoms with Gasteiger partial charge in [-0.15, -0.1) is 0 Å². The number of piperidine rings is 1. The van der Waals surface area contributed by atoms with Gasteiger partial charge in [-0.05, 0) is 47.7 Å². The number of likely N-dealkylation sites (tertiary alicyclic amines) is 1. The number of hydrogen-bond acceptors (Lipinski definition) is 5. The molecule has 2 atom stereocenters. The second-order valence-electron chi connectivity index (χ2n) is 10.7. The molecule has 1 heterocycles. The zero-order valence-corrected chi connectivity index (χ0v) is 22.7. The molecule has 0 bridgehead atoms. The topological polar surface area (TPSA) is 99.2 Å². The predicted octanol–water partition coefficient (Wildman–Crippen LogP) is 4.35. The van der Waals surface area contributed by atoms with Crippen molar-refractivity contribution in [2.45, 2.75) is 31.3 Å². The molecule has 0 spiro atoms. The summed E-state index contributed by atoms with van der Waals surface area (Å²) in [5.41, 5.74) is 5.59. The molecule has 8 nitrogen and oxygen atoms in total. The molecule has 40 heavy (non-hydrogen) atoms. The molecule has 2 amide bonds. The van der Waals surface area contributed by atoms with Gasteiger partial charge in [-0.1, -0.05) is 78.9 Å². The Morgan fingerprint density at radius 1 is 0.975 bits per heavy atom. The van der Waals surface area contributed by atoms with E-state index in [1.54, 1.807) is 4.90 Å². The summed E-state index contributed by atoms with van der Waals surface area (Å²) >= 11 is 0. The van der Waals surface area contributed by atoms with Crippen LogP contribution in [0.25, 0.3) is 11.1 Å². The first kappa shape index (κ1) is 27.4. The van der Waals surface area contributed by atoms with Crippen molar-refractivity contribution in [2.24, 2.45) is 5.92 Å². The molecular formula is C32H35N3O5. The van der Waals surface area contributed by atoms with Crippen LogP contribution >= 0.6 is 0 Å². The molecule has 2 aliphatic rings. The van der Waals surface area contributed by atoms with Crippen LogP contribution in [0.3, 0.4) is 0 Å². The van der Waals surface area contributed by atoms with Gasteiger partial charge in [0.1, 0.15) is 12.6 Å². The normalized spacial score (nSPS) is 17.1. The number of nitrogens with zero attached hydrogens (tertiary/aromatic N) is 2. The summed E-state index contributed by atoms with van der Waals surface area (Å²) in [5.74, 6) is -1.89. The molecule has 3 aromatic carbocycles. The molecule has 5 rings (SSSR count). The highest BCUT2D eigenvalue weighted by Gasteiger charge is 2.34. The van der Waals surface area contributed by atoms with E-state index in [0.717, 1.165) is 27.8 Å². The highest BCUT2D eigenvalue weighted by atomic mass is 16.5. The highest BCUT2D eigenvalue weighted by Crippen LogP contribution is 2.44. The van der Waals surface area contributed by atoms with Gasteiger partial charge in [0.25, 0.3) is 0 Å². The van der Waals surface area contributed by atoms with Gasteiger partial charge in [-0.3, -0.25) is 14.5 Å². The van der Waals surface area contributed by atoms with Gasteiger partial charge < -0.3 is 20.1 Å². The summed E-state index contributed by atoms with van der Waals surface area (Å²) in [7, 11) is 1.89. The van der Waals surface area contributed by atoms with E-state index in [2.05, 4.69) is 29.6 Å². The molecule has 8 heteroatoms. The van der Waals surface area contributed by atoms with E-state index in [1.165, 1.54) is 0 Å². The average molecular weight is 542 g/mol. The SMILES string of the molecule is CN(Cc1ccccc1)CC(NC(=O)OCC1c2ccccc2-c2ccccc21)C(=O)N1CCC[C@H](C(=O)O)C1. The van der Waals surface area contributed by atoms with Gasteiger partial charge in [-0.25, -0.2) is 4.79 Å². The summed E-state index contributed by atoms with van der Waals surface area (Å²) in [4.78, 5) is 41.9. The largest absolute Gasteiger partial charge is 0.481 e. The van der Waals surface area contributed by atoms with Crippen molar-refractivity contribution in [3.8, 4) is 11.1 Å². The Bertz CT molecular complexity index is 1320. The first-order valence-corrected chi connectivity index (χ1v) is 13.8. The van der Waals surface area contributed by atoms with E-state index in [9.17, 15) is 19.5 Å². The number of carboxylic acid groups (broad SMARTS) is 1. The highest BCUT2D eigenvalue weighted by molar-refractivity contribution is 5.87. The summed E-state index contributed by atoms with van der Waals surface area (Å²) in [5, 5.41) is 12.3. The predicted molar refractivity (Wildman–Crippen MR) is 152 cm³/mol. The number of carbonyl (C=O) groups excluding carboxylic acids is 2. The van der Waals surface area contributed by atoms with Crippen molar-refractivity contribution >= 4 is 18.0 Å². The number of benzene rings is 3. The van der Waals surface area contributed by atoms with Crippen LogP contribution in [0.4, 0.5) is 4.79 Å². The number of likely N-dealkylation sites (N-methyl/N-ethyl adjacent to an activating group) is 1. The molecule has 1 saturated heterocycles. The van der Waals surface area contributed by atoms with Gasteiger partial charge in [0.05, 0.1) is 5.92 Å². The van der Waals surface area contributed by atoms with E-state index in [4.69, 9.17) is 4.74 Å². The van der Waals surface area contributed by atoms with E-state index >= 15 is 0 Å². The van der Waals surface area contributed by atoms with Gasteiger partial charge in [0.15, 0.2) is 0 Å². The molecule has 2 N–H and O–H groups in total. The van der Waals surface area contributed by atoms with Crippen molar-refractivity contribution in [2.75, 3.05) is 33.3 Å². The lowest BCUT2D eigenvalue weighted by molar-refractivity contribution is -0.146. The third-order valence-corrected chi connectivity index (χ3v) is 7.81. The van der Waals surface area contributed by atoms with E-state index in [-0.39, 0.29) is 31.5 Å². The Balaban J connectivity index is 1.28. The zero-order valence-electron chi connectivity index (χ0n) is 22.7. The van der Waals surface area contributed by atoms with Crippen LogP contribution in [-0.4, -0.2) is 72.2 Å². The molecule has 0 saturated carbocycles. The summed E-state index contributed by atoms with van der Waals surface area (Å²) in [6.07, 6.45) is 0.484. The number of amides is 2. The number of hydrogen-bond donors (Lipinski definition) is 2. The number of aliphatic carboxylic acids is 1. The number of carboxylic acids is 1. The fraction of sp³-hybridized carbons (Fsp3) is 0.344. The van der Waals surface area contributed by atoms with Crippen LogP contribution < -0.4 is 5.32 Å². The van der Waals surface area contributed by atoms with Crippen molar-refractivity contribution in [3.05, 3.63) is 95.6 Å². The first-order valence-electron chi connectivity index (χ1n) is 13.8. The number of rotatable bonds is 9. The van der Waals surface area contributed by atoms with Crippen molar-refractivity contribution in [1.29, 1.82) is 0 Å².